The third kappa shape index (κ3) is 6.46. The molecule has 0 aliphatic heterocycles. The average molecular weight is 305 g/mol. The third-order valence-corrected chi connectivity index (χ3v) is 4.27. The van der Waals surface area contributed by atoms with Crippen molar-refractivity contribution in [3.8, 4) is 0 Å². The van der Waals surface area contributed by atoms with Crippen LogP contribution in [-0.2, 0) is 25.7 Å². The van der Waals surface area contributed by atoms with Crippen molar-refractivity contribution in [1.29, 1.82) is 0 Å². The van der Waals surface area contributed by atoms with E-state index in [0.29, 0.717) is 0 Å². The molecule has 0 radical (unpaired) electrons. The lowest BCUT2D eigenvalue weighted by Crippen LogP contribution is -2.11. The zero-order valence-corrected chi connectivity index (χ0v) is 15.4. The Bertz CT molecular complexity index is 338. The summed E-state index contributed by atoms with van der Waals surface area (Å²) in [4.78, 5) is 10.2. The van der Waals surface area contributed by atoms with Gasteiger partial charge in [-0.3, -0.25) is 9.97 Å². The van der Waals surface area contributed by atoms with E-state index in [0.717, 1.165) is 25.7 Å². The number of rotatable bonds is 12. The number of nitrogens with zero attached hydrogens (tertiary/aromatic N) is 2. The van der Waals surface area contributed by atoms with Gasteiger partial charge in [0, 0.05) is 0 Å². The lowest BCUT2D eigenvalue weighted by molar-refractivity contribution is 0.672. The first-order chi connectivity index (χ1) is 10.8. The molecule has 1 heterocycles. The molecule has 0 amide bonds. The summed E-state index contributed by atoms with van der Waals surface area (Å²) in [5.74, 6) is 0. The van der Waals surface area contributed by atoms with Crippen LogP contribution in [0.5, 0.6) is 0 Å². The molecule has 126 valence electrons. The molecule has 0 saturated heterocycles. The lowest BCUT2D eigenvalue weighted by Gasteiger charge is -2.14. The maximum Gasteiger partial charge on any atom is 0.0622 e. The first-order valence-electron chi connectivity index (χ1n) is 9.64. The fourth-order valence-corrected chi connectivity index (χ4v) is 2.76. The molecule has 2 heteroatoms. The predicted molar refractivity (Wildman–Crippen MR) is 96.5 cm³/mol. The van der Waals surface area contributed by atoms with Gasteiger partial charge in [0.15, 0.2) is 0 Å². The molecule has 0 aliphatic carbocycles. The van der Waals surface area contributed by atoms with E-state index in [4.69, 9.17) is 9.97 Å². The molecule has 0 unspecified atom stereocenters. The Kier molecular flexibility index (Phi) is 10.1. The number of hydrogen-bond acceptors (Lipinski definition) is 2. The highest BCUT2D eigenvalue weighted by atomic mass is 14.8. The highest BCUT2D eigenvalue weighted by molar-refractivity contribution is 5.22. The zero-order chi connectivity index (χ0) is 16.2. The van der Waals surface area contributed by atoms with Crippen LogP contribution in [-0.4, -0.2) is 9.97 Å². The van der Waals surface area contributed by atoms with Gasteiger partial charge in [-0.05, 0) is 51.4 Å². The van der Waals surface area contributed by atoms with E-state index in [-0.39, 0.29) is 0 Å². The lowest BCUT2D eigenvalue weighted by atomic mass is 10.0. The van der Waals surface area contributed by atoms with Crippen LogP contribution in [0.4, 0.5) is 0 Å². The van der Waals surface area contributed by atoms with E-state index in [1.807, 2.05) is 0 Å². The Morgan fingerprint density at radius 3 is 0.864 bits per heavy atom. The molecule has 0 atom stereocenters. The van der Waals surface area contributed by atoms with Crippen LogP contribution in [0, 0.1) is 0 Å². The minimum atomic E-state index is 1.11. The molecular weight excluding hydrogens is 268 g/mol. The Morgan fingerprint density at radius 1 is 0.455 bits per heavy atom. The maximum atomic E-state index is 5.09. The van der Waals surface area contributed by atoms with Gasteiger partial charge in [0.25, 0.3) is 0 Å². The van der Waals surface area contributed by atoms with E-state index >= 15 is 0 Å². The van der Waals surface area contributed by atoms with Gasteiger partial charge in [0.1, 0.15) is 0 Å². The monoisotopic (exact) mass is 304 g/mol. The molecule has 0 saturated carbocycles. The second-order valence-electron chi connectivity index (χ2n) is 6.42. The fourth-order valence-electron chi connectivity index (χ4n) is 2.76. The van der Waals surface area contributed by atoms with E-state index in [9.17, 15) is 0 Å². The summed E-state index contributed by atoms with van der Waals surface area (Å²) in [7, 11) is 0. The van der Waals surface area contributed by atoms with E-state index in [1.54, 1.807) is 0 Å². The number of aromatic nitrogens is 2. The zero-order valence-electron chi connectivity index (χ0n) is 15.4. The van der Waals surface area contributed by atoms with Crippen molar-refractivity contribution < 1.29 is 0 Å². The van der Waals surface area contributed by atoms with Gasteiger partial charge in [0.2, 0.25) is 0 Å². The molecule has 0 aliphatic rings. The molecule has 2 nitrogen and oxygen atoms in total. The number of unbranched alkanes of at least 4 members (excludes halogenated alkanes) is 4. The molecule has 0 fully saturated rings. The molecule has 1 aromatic heterocycles. The van der Waals surface area contributed by atoms with E-state index < -0.39 is 0 Å². The van der Waals surface area contributed by atoms with Crippen molar-refractivity contribution in [3.63, 3.8) is 0 Å². The van der Waals surface area contributed by atoms with Crippen molar-refractivity contribution in [1.82, 2.24) is 9.97 Å². The first kappa shape index (κ1) is 19.1. The second kappa shape index (κ2) is 11.6. The molecular formula is C20H36N2. The van der Waals surface area contributed by atoms with Crippen molar-refractivity contribution in [2.24, 2.45) is 0 Å². The smallest absolute Gasteiger partial charge is 0.0622 e. The topological polar surface area (TPSA) is 25.8 Å². The Morgan fingerprint density at radius 2 is 0.682 bits per heavy atom. The minimum Gasteiger partial charge on any atom is -0.254 e. The second-order valence-corrected chi connectivity index (χ2v) is 6.42. The summed E-state index contributed by atoms with van der Waals surface area (Å²) in [5, 5.41) is 0. The minimum absolute atomic E-state index is 1.11. The van der Waals surface area contributed by atoms with Crippen LogP contribution in [0.3, 0.4) is 0 Å². The fraction of sp³-hybridized carbons (Fsp3) is 0.800. The van der Waals surface area contributed by atoms with Crippen LogP contribution in [0.25, 0.3) is 0 Å². The SMILES string of the molecule is CCCCc1nc(CCCC)c(CCCC)nc1CCCC. The Balaban J connectivity index is 3.04. The van der Waals surface area contributed by atoms with Gasteiger partial charge in [-0.25, -0.2) is 0 Å². The summed E-state index contributed by atoms with van der Waals surface area (Å²) in [6.07, 6.45) is 14.3. The average Bonchev–Trinajstić information content (AvgIpc) is 2.55. The standard InChI is InChI=1S/C20H36N2/c1-5-9-13-17-18(14-10-6-2)22-20(16-12-8-4)19(21-17)15-11-7-3/h5-16H2,1-4H3. The van der Waals surface area contributed by atoms with Gasteiger partial charge in [0.05, 0.1) is 22.8 Å². The van der Waals surface area contributed by atoms with Crippen LogP contribution in [0.2, 0.25) is 0 Å². The van der Waals surface area contributed by atoms with Crippen molar-refractivity contribution in [2.75, 3.05) is 0 Å². The van der Waals surface area contributed by atoms with Crippen LogP contribution in [0.15, 0.2) is 0 Å². The Labute approximate surface area is 138 Å². The maximum absolute atomic E-state index is 5.09. The molecule has 0 bridgehead atoms. The third-order valence-electron chi connectivity index (χ3n) is 4.27. The van der Waals surface area contributed by atoms with Gasteiger partial charge in [-0.2, -0.15) is 0 Å². The summed E-state index contributed by atoms with van der Waals surface area (Å²) in [6.45, 7) is 9.03. The quantitative estimate of drug-likeness (QED) is 0.484. The normalized spacial score (nSPS) is 11.1. The Hall–Kier alpha value is -0.920. The van der Waals surface area contributed by atoms with E-state index in [2.05, 4.69) is 27.7 Å². The van der Waals surface area contributed by atoms with E-state index in [1.165, 1.54) is 74.1 Å². The van der Waals surface area contributed by atoms with Crippen molar-refractivity contribution in [3.05, 3.63) is 22.8 Å². The largest absolute Gasteiger partial charge is 0.254 e. The molecule has 1 aromatic rings. The molecule has 0 spiro atoms. The number of aryl methyl sites for hydroxylation is 4. The van der Waals surface area contributed by atoms with Crippen LogP contribution in [0.1, 0.15) is 102 Å². The van der Waals surface area contributed by atoms with Crippen molar-refractivity contribution >= 4 is 0 Å². The van der Waals surface area contributed by atoms with Crippen LogP contribution < -0.4 is 0 Å². The van der Waals surface area contributed by atoms with Gasteiger partial charge >= 0.3 is 0 Å². The van der Waals surface area contributed by atoms with Crippen LogP contribution >= 0.6 is 0 Å². The van der Waals surface area contributed by atoms with Gasteiger partial charge in [-0.1, -0.05) is 53.4 Å². The molecule has 0 aromatic carbocycles. The van der Waals surface area contributed by atoms with Gasteiger partial charge in [-0.15, -0.1) is 0 Å². The summed E-state index contributed by atoms with van der Waals surface area (Å²) < 4.78 is 0. The molecule has 0 N–H and O–H groups in total. The highest BCUT2D eigenvalue weighted by Crippen LogP contribution is 2.18. The predicted octanol–water partition coefficient (Wildman–Crippen LogP) is 5.85. The first-order valence-corrected chi connectivity index (χ1v) is 9.64. The summed E-state index contributed by atoms with van der Waals surface area (Å²) >= 11 is 0. The highest BCUT2D eigenvalue weighted by Gasteiger charge is 2.13. The number of hydrogen-bond donors (Lipinski definition) is 0. The molecule has 22 heavy (non-hydrogen) atoms. The van der Waals surface area contributed by atoms with Gasteiger partial charge < -0.3 is 0 Å². The molecule has 1 rings (SSSR count). The van der Waals surface area contributed by atoms with Crippen molar-refractivity contribution in [2.45, 2.75) is 105 Å². The summed E-state index contributed by atoms with van der Waals surface area (Å²) in [5.41, 5.74) is 5.17. The summed E-state index contributed by atoms with van der Waals surface area (Å²) in [6, 6.07) is 0.